The Kier molecular flexibility index (Phi) is 3.97. The number of anilines is 1. The minimum atomic E-state index is -1.08. The Morgan fingerprint density at radius 1 is 1.25 bits per heavy atom. The second-order valence-corrected chi connectivity index (χ2v) is 6.56. The molecule has 2 aromatic rings. The van der Waals surface area contributed by atoms with E-state index in [1.54, 1.807) is 36.9 Å². The van der Waals surface area contributed by atoms with Crippen molar-refractivity contribution in [3.05, 3.63) is 58.6 Å². The van der Waals surface area contributed by atoms with E-state index in [0.29, 0.717) is 23.0 Å². The molecule has 6 heteroatoms. The Hall–Kier alpha value is -2.53. The molecule has 5 nitrogen and oxygen atoms in total. The van der Waals surface area contributed by atoms with Crippen molar-refractivity contribution >= 4 is 29.2 Å². The van der Waals surface area contributed by atoms with Crippen molar-refractivity contribution in [2.24, 2.45) is 0 Å². The topological polar surface area (TPSA) is 66.8 Å². The average molecular weight is 346 g/mol. The molecule has 0 aromatic heterocycles. The minimum Gasteiger partial charge on any atom is -0.478 e. The molecule has 0 saturated heterocycles. The number of hydrogen-bond donors (Lipinski definition) is 1. The van der Waals surface area contributed by atoms with Crippen LogP contribution in [0.5, 0.6) is 5.75 Å². The van der Waals surface area contributed by atoms with Crippen LogP contribution in [0.4, 0.5) is 5.69 Å². The molecule has 0 atom stereocenters. The first-order valence-electron chi connectivity index (χ1n) is 7.41. The summed E-state index contributed by atoms with van der Waals surface area (Å²) in [6.45, 7) is 3.65. The highest BCUT2D eigenvalue weighted by Gasteiger charge is 2.41. The van der Waals surface area contributed by atoms with Crippen LogP contribution < -0.4 is 9.64 Å². The van der Waals surface area contributed by atoms with Crippen LogP contribution in [-0.4, -0.2) is 22.6 Å². The zero-order valence-electron chi connectivity index (χ0n) is 13.2. The molecule has 0 spiro atoms. The van der Waals surface area contributed by atoms with Crippen LogP contribution in [0.3, 0.4) is 0 Å². The number of carboxylic acids is 1. The Morgan fingerprint density at radius 2 is 2.00 bits per heavy atom. The summed E-state index contributed by atoms with van der Waals surface area (Å²) in [5.74, 6) is -0.864. The maximum Gasteiger partial charge on any atom is 0.335 e. The van der Waals surface area contributed by atoms with Crippen LogP contribution in [0.1, 0.15) is 29.8 Å². The van der Waals surface area contributed by atoms with Gasteiger partial charge in [0, 0.05) is 5.02 Å². The van der Waals surface area contributed by atoms with Gasteiger partial charge >= 0.3 is 5.97 Å². The Morgan fingerprint density at radius 3 is 2.67 bits per heavy atom. The molecule has 1 aliphatic rings. The number of fused-ring (bicyclic) bond motifs is 1. The van der Waals surface area contributed by atoms with Crippen LogP contribution in [-0.2, 0) is 11.3 Å². The summed E-state index contributed by atoms with van der Waals surface area (Å²) < 4.78 is 5.73. The number of ether oxygens (including phenoxy) is 1. The third-order valence-corrected chi connectivity index (χ3v) is 4.09. The quantitative estimate of drug-likeness (QED) is 0.920. The molecule has 1 heterocycles. The molecule has 124 valence electrons. The molecular formula is C18H16ClNO4. The van der Waals surface area contributed by atoms with Gasteiger partial charge in [-0.15, -0.1) is 0 Å². The number of carbonyl (C=O) groups excluding carboxylic acids is 1. The van der Waals surface area contributed by atoms with Crippen molar-refractivity contribution in [1.29, 1.82) is 0 Å². The molecule has 3 rings (SSSR count). The number of hydrogen-bond acceptors (Lipinski definition) is 3. The van der Waals surface area contributed by atoms with E-state index in [0.717, 1.165) is 5.56 Å². The lowest BCUT2D eigenvalue weighted by Crippen LogP contribution is -2.52. The molecular weight excluding hydrogens is 330 g/mol. The van der Waals surface area contributed by atoms with Crippen molar-refractivity contribution in [1.82, 2.24) is 0 Å². The first kappa shape index (κ1) is 16.3. The van der Waals surface area contributed by atoms with Crippen molar-refractivity contribution in [2.45, 2.75) is 26.0 Å². The molecule has 0 aliphatic carbocycles. The third-order valence-electron chi connectivity index (χ3n) is 3.85. The number of halogens is 1. The van der Waals surface area contributed by atoms with Gasteiger partial charge in [-0.1, -0.05) is 23.7 Å². The largest absolute Gasteiger partial charge is 0.478 e. The van der Waals surface area contributed by atoms with Gasteiger partial charge in [0.1, 0.15) is 5.75 Å². The van der Waals surface area contributed by atoms with E-state index in [-0.39, 0.29) is 11.5 Å². The Balaban J connectivity index is 2.05. The van der Waals surface area contributed by atoms with Crippen LogP contribution in [0.2, 0.25) is 5.02 Å². The van der Waals surface area contributed by atoms with E-state index in [9.17, 15) is 9.59 Å². The fourth-order valence-electron chi connectivity index (χ4n) is 2.68. The van der Waals surface area contributed by atoms with E-state index in [1.165, 1.54) is 12.1 Å². The summed E-state index contributed by atoms with van der Waals surface area (Å²) in [5.41, 5.74) is 0.454. The zero-order chi connectivity index (χ0) is 17.5. The van der Waals surface area contributed by atoms with Gasteiger partial charge in [-0.3, -0.25) is 4.79 Å². The lowest BCUT2D eigenvalue weighted by Gasteiger charge is -2.39. The van der Waals surface area contributed by atoms with Gasteiger partial charge in [-0.05, 0) is 49.7 Å². The van der Waals surface area contributed by atoms with Gasteiger partial charge in [-0.25, -0.2) is 4.79 Å². The summed E-state index contributed by atoms with van der Waals surface area (Å²) in [7, 11) is 0. The highest BCUT2D eigenvalue weighted by Crippen LogP contribution is 2.39. The smallest absolute Gasteiger partial charge is 0.335 e. The zero-order valence-corrected chi connectivity index (χ0v) is 14.0. The normalized spacial score (nSPS) is 15.6. The SMILES string of the molecule is CC1(C)Oc2cc(C(=O)O)ccc2N(Cc2cccc(Cl)c2)C1=O. The second-order valence-electron chi connectivity index (χ2n) is 6.12. The van der Waals surface area contributed by atoms with Crippen molar-refractivity contribution in [2.75, 3.05) is 4.90 Å². The molecule has 1 N–H and O–H groups in total. The van der Waals surface area contributed by atoms with Gasteiger partial charge in [0.15, 0.2) is 5.60 Å². The van der Waals surface area contributed by atoms with Crippen LogP contribution in [0.25, 0.3) is 0 Å². The van der Waals surface area contributed by atoms with E-state index >= 15 is 0 Å². The van der Waals surface area contributed by atoms with Crippen molar-refractivity contribution in [3.63, 3.8) is 0 Å². The molecule has 0 unspecified atom stereocenters. The number of amides is 1. The van der Waals surface area contributed by atoms with E-state index < -0.39 is 11.6 Å². The molecule has 0 radical (unpaired) electrons. The van der Waals surface area contributed by atoms with E-state index in [2.05, 4.69) is 0 Å². The molecule has 0 saturated carbocycles. The first-order valence-corrected chi connectivity index (χ1v) is 7.78. The van der Waals surface area contributed by atoms with Crippen molar-refractivity contribution < 1.29 is 19.4 Å². The number of rotatable bonds is 3. The number of benzene rings is 2. The number of carbonyl (C=O) groups is 2. The second kappa shape index (κ2) is 5.83. The maximum absolute atomic E-state index is 12.8. The van der Waals surface area contributed by atoms with Crippen LogP contribution in [0, 0.1) is 0 Å². The number of aromatic carboxylic acids is 1. The van der Waals surface area contributed by atoms with Gasteiger partial charge in [-0.2, -0.15) is 0 Å². The number of carboxylic acid groups (broad SMARTS) is 1. The van der Waals surface area contributed by atoms with Gasteiger partial charge in [0.25, 0.3) is 5.91 Å². The highest BCUT2D eigenvalue weighted by molar-refractivity contribution is 6.30. The van der Waals surface area contributed by atoms with Crippen LogP contribution in [0.15, 0.2) is 42.5 Å². The molecule has 1 amide bonds. The van der Waals surface area contributed by atoms with Gasteiger partial charge in [0.2, 0.25) is 0 Å². The predicted octanol–water partition coefficient (Wildman–Crippen LogP) is 3.74. The Bertz CT molecular complexity index is 832. The standard InChI is InChI=1S/C18H16ClNO4/c1-18(2)17(23)20(10-11-4-3-5-13(19)8-11)14-7-6-12(16(21)22)9-15(14)24-18/h3-9H,10H2,1-2H3,(H,21,22). The maximum atomic E-state index is 12.8. The summed E-state index contributed by atoms with van der Waals surface area (Å²) >= 11 is 6.02. The summed E-state index contributed by atoms with van der Waals surface area (Å²) in [4.78, 5) is 25.5. The monoisotopic (exact) mass is 345 g/mol. The Labute approximate surface area is 144 Å². The summed E-state index contributed by atoms with van der Waals surface area (Å²) in [6.07, 6.45) is 0. The average Bonchev–Trinajstić information content (AvgIpc) is 2.51. The van der Waals surface area contributed by atoms with Crippen molar-refractivity contribution in [3.8, 4) is 5.75 Å². The van der Waals surface area contributed by atoms with Gasteiger partial charge < -0.3 is 14.7 Å². The van der Waals surface area contributed by atoms with E-state index in [1.807, 2.05) is 12.1 Å². The third kappa shape index (κ3) is 2.95. The highest BCUT2D eigenvalue weighted by atomic mass is 35.5. The van der Waals surface area contributed by atoms with Crippen LogP contribution >= 0.6 is 11.6 Å². The molecule has 0 fully saturated rings. The first-order chi connectivity index (χ1) is 11.3. The predicted molar refractivity (Wildman–Crippen MR) is 90.8 cm³/mol. The summed E-state index contributed by atoms with van der Waals surface area (Å²) in [6, 6.07) is 11.8. The van der Waals surface area contributed by atoms with Gasteiger partial charge in [0.05, 0.1) is 17.8 Å². The minimum absolute atomic E-state index is 0.113. The molecule has 1 aliphatic heterocycles. The fraction of sp³-hybridized carbons (Fsp3) is 0.222. The lowest BCUT2D eigenvalue weighted by atomic mass is 10.0. The lowest BCUT2D eigenvalue weighted by molar-refractivity contribution is -0.132. The number of nitrogens with zero attached hydrogens (tertiary/aromatic N) is 1. The van der Waals surface area contributed by atoms with E-state index in [4.69, 9.17) is 21.4 Å². The molecule has 2 aromatic carbocycles. The molecule has 24 heavy (non-hydrogen) atoms. The fourth-order valence-corrected chi connectivity index (χ4v) is 2.89. The summed E-state index contributed by atoms with van der Waals surface area (Å²) in [5, 5.41) is 9.74. The molecule has 0 bridgehead atoms.